The van der Waals surface area contributed by atoms with Gasteiger partial charge in [-0.05, 0) is 55.5 Å². The van der Waals surface area contributed by atoms with Gasteiger partial charge in [-0.25, -0.2) is 4.39 Å². The van der Waals surface area contributed by atoms with Crippen LogP contribution in [0.2, 0.25) is 5.02 Å². The quantitative estimate of drug-likeness (QED) is 0.880. The Bertz CT molecular complexity index is 566. The normalized spacial score (nSPS) is 12.4. The first-order valence-electron chi connectivity index (χ1n) is 6.78. The van der Waals surface area contributed by atoms with E-state index < -0.39 is 0 Å². The predicted octanol–water partition coefficient (Wildman–Crippen LogP) is 4.15. The van der Waals surface area contributed by atoms with Crippen molar-refractivity contribution in [1.29, 1.82) is 0 Å². The average molecular weight is 292 g/mol. The molecular weight excluding hydrogens is 273 g/mol. The standard InChI is InChI=1S/C17H19ClFN/c1-12-2-4-13(5-3-12)8-14(11-20)9-15-6-7-16(18)10-17(15)19/h2-7,10,14H,8-9,11,20H2,1H3. The highest BCUT2D eigenvalue weighted by Gasteiger charge is 2.12. The van der Waals surface area contributed by atoms with Crippen LogP contribution in [0.4, 0.5) is 4.39 Å². The summed E-state index contributed by atoms with van der Waals surface area (Å²) < 4.78 is 13.8. The maximum atomic E-state index is 13.8. The van der Waals surface area contributed by atoms with Crippen molar-refractivity contribution in [3.8, 4) is 0 Å². The van der Waals surface area contributed by atoms with Crippen LogP contribution in [0.1, 0.15) is 16.7 Å². The van der Waals surface area contributed by atoms with E-state index in [0.717, 1.165) is 6.42 Å². The first-order chi connectivity index (χ1) is 9.58. The van der Waals surface area contributed by atoms with E-state index in [0.29, 0.717) is 23.6 Å². The second-order valence-corrected chi connectivity index (χ2v) is 5.67. The maximum Gasteiger partial charge on any atom is 0.127 e. The van der Waals surface area contributed by atoms with Crippen molar-refractivity contribution in [3.63, 3.8) is 0 Å². The van der Waals surface area contributed by atoms with Crippen molar-refractivity contribution < 1.29 is 4.39 Å². The van der Waals surface area contributed by atoms with Crippen LogP contribution in [0.25, 0.3) is 0 Å². The number of aryl methyl sites for hydroxylation is 1. The Balaban J connectivity index is 2.07. The third kappa shape index (κ3) is 4.06. The van der Waals surface area contributed by atoms with Crippen molar-refractivity contribution in [1.82, 2.24) is 0 Å². The Hall–Kier alpha value is -1.38. The van der Waals surface area contributed by atoms with E-state index in [2.05, 4.69) is 31.2 Å². The number of hydrogen-bond donors (Lipinski definition) is 1. The second kappa shape index (κ2) is 6.87. The van der Waals surface area contributed by atoms with Gasteiger partial charge in [0.25, 0.3) is 0 Å². The van der Waals surface area contributed by atoms with Gasteiger partial charge in [0, 0.05) is 5.02 Å². The topological polar surface area (TPSA) is 26.0 Å². The molecule has 1 unspecified atom stereocenters. The molecule has 0 spiro atoms. The van der Waals surface area contributed by atoms with E-state index in [4.69, 9.17) is 17.3 Å². The third-order valence-corrected chi connectivity index (χ3v) is 3.74. The molecule has 2 rings (SSSR count). The minimum Gasteiger partial charge on any atom is -0.330 e. The van der Waals surface area contributed by atoms with Crippen LogP contribution >= 0.6 is 11.6 Å². The van der Waals surface area contributed by atoms with Gasteiger partial charge in [0.1, 0.15) is 5.82 Å². The van der Waals surface area contributed by atoms with Crippen LogP contribution in [0.3, 0.4) is 0 Å². The Kier molecular flexibility index (Phi) is 5.16. The van der Waals surface area contributed by atoms with Crippen LogP contribution in [0.15, 0.2) is 42.5 Å². The lowest BCUT2D eigenvalue weighted by atomic mass is 9.92. The van der Waals surface area contributed by atoms with Gasteiger partial charge in [-0.2, -0.15) is 0 Å². The highest BCUT2D eigenvalue weighted by molar-refractivity contribution is 6.30. The van der Waals surface area contributed by atoms with Crippen LogP contribution in [0, 0.1) is 18.7 Å². The van der Waals surface area contributed by atoms with Gasteiger partial charge in [-0.15, -0.1) is 0 Å². The van der Waals surface area contributed by atoms with Crippen LogP contribution in [-0.4, -0.2) is 6.54 Å². The fraction of sp³-hybridized carbons (Fsp3) is 0.294. The average Bonchev–Trinajstić information content (AvgIpc) is 2.43. The second-order valence-electron chi connectivity index (χ2n) is 5.23. The van der Waals surface area contributed by atoms with Gasteiger partial charge < -0.3 is 5.73 Å². The molecule has 3 heteroatoms. The first kappa shape index (κ1) is 15.0. The van der Waals surface area contributed by atoms with Crippen molar-refractivity contribution in [2.75, 3.05) is 6.54 Å². The molecule has 2 aromatic carbocycles. The summed E-state index contributed by atoms with van der Waals surface area (Å²) >= 11 is 5.77. The van der Waals surface area contributed by atoms with Gasteiger partial charge in [0.15, 0.2) is 0 Å². The summed E-state index contributed by atoms with van der Waals surface area (Å²) in [7, 11) is 0. The highest BCUT2D eigenvalue weighted by Crippen LogP contribution is 2.20. The Labute approximate surface area is 124 Å². The van der Waals surface area contributed by atoms with Crippen LogP contribution in [-0.2, 0) is 12.8 Å². The summed E-state index contributed by atoms with van der Waals surface area (Å²) in [6.07, 6.45) is 1.49. The van der Waals surface area contributed by atoms with Crippen molar-refractivity contribution in [2.45, 2.75) is 19.8 Å². The number of benzene rings is 2. The predicted molar refractivity (Wildman–Crippen MR) is 82.5 cm³/mol. The largest absolute Gasteiger partial charge is 0.330 e. The lowest BCUT2D eigenvalue weighted by Crippen LogP contribution is -2.20. The summed E-state index contributed by atoms with van der Waals surface area (Å²) in [6, 6.07) is 13.2. The molecule has 0 saturated carbocycles. The van der Waals surface area contributed by atoms with Gasteiger partial charge in [0.2, 0.25) is 0 Å². The molecule has 106 valence electrons. The van der Waals surface area contributed by atoms with Gasteiger partial charge in [0.05, 0.1) is 0 Å². The monoisotopic (exact) mass is 291 g/mol. The SMILES string of the molecule is Cc1ccc(CC(CN)Cc2ccc(Cl)cc2F)cc1. The molecule has 0 aliphatic carbocycles. The summed E-state index contributed by atoms with van der Waals surface area (Å²) in [5, 5.41) is 0.425. The van der Waals surface area contributed by atoms with E-state index in [1.165, 1.54) is 17.2 Å². The molecular formula is C17H19ClFN. The molecule has 0 radical (unpaired) electrons. The van der Waals surface area contributed by atoms with E-state index in [1.54, 1.807) is 12.1 Å². The smallest absolute Gasteiger partial charge is 0.127 e. The van der Waals surface area contributed by atoms with Crippen molar-refractivity contribution in [3.05, 3.63) is 70.0 Å². The van der Waals surface area contributed by atoms with Gasteiger partial charge in [-0.1, -0.05) is 47.5 Å². The molecule has 0 bridgehead atoms. The summed E-state index contributed by atoms with van der Waals surface area (Å²) in [4.78, 5) is 0. The third-order valence-electron chi connectivity index (χ3n) is 3.50. The number of nitrogens with two attached hydrogens (primary N) is 1. The van der Waals surface area contributed by atoms with Crippen LogP contribution < -0.4 is 5.73 Å². The molecule has 0 aromatic heterocycles. The van der Waals surface area contributed by atoms with E-state index in [1.807, 2.05) is 0 Å². The molecule has 0 aliphatic rings. The van der Waals surface area contributed by atoms with E-state index in [-0.39, 0.29) is 11.7 Å². The summed E-state index contributed by atoms with van der Waals surface area (Å²) in [5.74, 6) is -0.0202. The van der Waals surface area contributed by atoms with Crippen molar-refractivity contribution >= 4 is 11.6 Å². The molecule has 1 atom stereocenters. The number of halogens is 2. The first-order valence-corrected chi connectivity index (χ1v) is 7.16. The summed E-state index contributed by atoms with van der Waals surface area (Å²) in [5.41, 5.74) is 8.98. The fourth-order valence-electron chi connectivity index (χ4n) is 2.29. The Morgan fingerprint density at radius 3 is 2.40 bits per heavy atom. The highest BCUT2D eigenvalue weighted by atomic mass is 35.5. The zero-order valence-electron chi connectivity index (χ0n) is 11.6. The van der Waals surface area contributed by atoms with Gasteiger partial charge in [-0.3, -0.25) is 0 Å². The molecule has 0 amide bonds. The zero-order valence-corrected chi connectivity index (χ0v) is 12.3. The minimum atomic E-state index is -0.250. The summed E-state index contributed by atoms with van der Waals surface area (Å²) in [6.45, 7) is 2.60. The lowest BCUT2D eigenvalue weighted by molar-refractivity contribution is 0.512. The van der Waals surface area contributed by atoms with Crippen molar-refractivity contribution in [2.24, 2.45) is 11.7 Å². The molecule has 2 N–H and O–H groups in total. The minimum absolute atomic E-state index is 0.230. The molecule has 2 aromatic rings. The van der Waals surface area contributed by atoms with Gasteiger partial charge >= 0.3 is 0 Å². The number of hydrogen-bond acceptors (Lipinski definition) is 1. The van der Waals surface area contributed by atoms with E-state index in [9.17, 15) is 4.39 Å². The molecule has 1 nitrogen and oxygen atoms in total. The molecule has 0 fully saturated rings. The fourth-order valence-corrected chi connectivity index (χ4v) is 2.45. The Morgan fingerprint density at radius 1 is 1.10 bits per heavy atom. The van der Waals surface area contributed by atoms with E-state index >= 15 is 0 Å². The van der Waals surface area contributed by atoms with Crippen LogP contribution in [0.5, 0.6) is 0 Å². The zero-order chi connectivity index (χ0) is 14.5. The Morgan fingerprint density at radius 2 is 1.80 bits per heavy atom. The molecule has 0 aliphatic heterocycles. The maximum absolute atomic E-state index is 13.8. The molecule has 0 heterocycles. The lowest BCUT2D eigenvalue weighted by Gasteiger charge is -2.15. The molecule has 0 saturated heterocycles. The number of rotatable bonds is 5. The molecule has 20 heavy (non-hydrogen) atoms.